The van der Waals surface area contributed by atoms with Crippen LogP contribution in [0.1, 0.15) is 5.56 Å². The van der Waals surface area contributed by atoms with Crippen molar-refractivity contribution in [2.45, 2.75) is 6.54 Å². The summed E-state index contributed by atoms with van der Waals surface area (Å²) in [6.45, 7) is 0.587. The molecule has 0 radical (unpaired) electrons. The maximum atomic E-state index is 5.30. The van der Waals surface area contributed by atoms with Crippen molar-refractivity contribution in [2.24, 2.45) is 0 Å². The van der Waals surface area contributed by atoms with E-state index in [1.807, 2.05) is 30.3 Å². The van der Waals surface area contributed by atoms with Crippen molar-refractivity contribution in [2.75, 3.05) is 24.9 Å². The molecule has 25 heavy (non-hydrogen) atoms. The summed E-state index contributed by atoms with van der Waals surface area (Å²) >= 11 is 0. The molecule has 0 unspecified atom stereocenters. The first kappa shape index (κ1) is 16.4. The molecule has 0 aliphatic carbocycles. The van der Waals surface area contributed by atoms with Crippen LogP contribution >= 0.6 is 0 Å². The molecule has 0 aliphatic rings. The number of hydrogen-bond acceptors (Lipinski definition) is 8. The summed E-state index contributed by atoms with van der Waals surface area (Å²) in [5, 5.41) is 14.2. The Balaban J connectivity index is 1.69. The van der Waals surface area contributed by atoms with Gasteiger partial charge in [-0.3, -0.25) is 4.98 Å². The van der Waals surface area contributed by atoms with E-state index in [1.54, 1.807) is 32.8 Å². The van der Waals surface area contributed by atoms with Crippen molar-refractivity contribution in [1.29, 1.82) is 0 Å². The molecule has 2 aromatic heterocycles. The van der Waals surface area contributed by atoms with Gasteiger partial charge in [0.2, 0.25) is 5.95 Å². The van der Waals surface area contributed by atoms with Gasteiger partial charge in [0.25, 0.3) is 0 Å². The number of pyridine rings is 1. The molecule has 3 aromatic rings. The van der Waals surface area contributed by atoms with E-state index in [-0.39, 0.29) is 0 Å². The van der Waals surface area contributed by atoms with Crippen molar-refractivity contribution in [3.05, 3.63) is 54.5 Å². The van der Waals surface area contributed by atoms with Gasteiger partial charge < -0.3 is 20.1 Å². The zero-order chi connectivity index (χ0) is 17.5. The van der Waals surface area contributed by atoms with Gasteiger partial charge >= 0.3 is 0 Å². The molecule has 0 saturated carbocycles. The highest BCUT2D eigenvalue weighted by molar-refractivity contribution is 5.61. The Labute approximate surface area is 145 Å². The Kier molecular flexibility index (Phi) is 5.20. The number of ether oxygens (including phenoxy) is 2. The topological polar surface area (TPSA) is 94.1 Å². The molecule has 2 N–H and O–H groups in total. The molecule has 1 aromatic carbocycles. The maximum absolute atomic E-state index is 5.30. The van der Waals surface area contributed by atoms with Crippen LogP contribution in [0, 0.1) is 0 Å². The van der Waals surface area contributed by atoms with Crippen LogP contribution in [0.2, 0.25) is 0 Å². The number of rotatable bonds is 7. The van der Waals surface area contributed by atoms with Crippen LogP contribution in [0.5, 0.6) is 11.5 Å². The molecule has 0 atom stereocenters. The Morgan fingerprint density at radius 3 is 2.56 bits per heavy atom. The minimum Gasteiger partial charge on any atom is -0.493 e. The minimum atomic E-state index is 0.433. The summed E-state index contributed by atoms with van der Waals surface area (Å²) < 4.78 is 10.5. The van der Waals surface area contributed by atoms with Gasteiger partial charge in [-0.2, -0.15) is 10.1 Å². The lowest BCUT2D eigenvalue weighted by Gasteiger charge is -2.11. The maximum Gasteiger partial charge on any atom is 0.244 e. The summed E-state index contributed by atoms with van der Waals surface area (Å²) in [6.07, 6.45) is 5.03. The van der Waals surface area contributed by atoms with Crippen molar-refractivity contribution in [3.63, 3.8) is 0 Å². The second-order valence-corrected chi connectivity index (χ2v) is 5.07. The van der Waals surface area contributed by atoms with Gasteiger partial charge in [0, 0.05) is 30.7 Å². The molecule has 0 saturated heterocycles. The second-order valence-electron chi connectivity index (χ2n) is 5.07. The Morgan fingerprint density at radius 1 is 1.00 bits per heavy atom. The molecule has 2 heterocycles. The number of methoxy groups -OCH3 is 2. The van der Waals surface area contributed by atoms with Crippen LogP contribution in [0.3, 0.4) is 0 Å². The molecular weight excluding hydrogens is 320 g/mol. The highest BCUT2D eigenvalue weighted by atomic mass is 16.5. The van der Waals surface area contributed by atoms with E-state index in [4.69, 9.17) is 9.47 Å². The van der Waals surface area contributed by atoms with Crippen LogP contribution in [0.15, 0.2) is 48.9 Å². The lowest BCUT2D eigenvalue weighted by molar-refractivity contribution is 0.355. The van der Waals surface area contributed by atoms with Gasteiger partial charge in [0.15, 0.2) is 17.3 Å². The van der Waals surface area contributed by atoms with Crippen molar-refractivity contribution >= 4 is 17.5 Å². The fourth-order valence-electron chi connectivity index (χ4n) is 2.18. The van der Waals surface area contributed by atoms with Gasteiger partial charge in [-0.25, -0.2) is 0 Å². The number of aromatic nitrogens is 4. The highest BCUT2D eigenvalue weighted by Crippen LogP contribution is 2.30. The third kappa shape index (κ3) is 4.31. The van der Waals surface area contributed by atoms with Gasteiger partial charge in [-0.15, -0.1) is 5.10 Å². The van der Waals surface area contributed by atoms with E-state index < -0.39 is 0 Å². The van der Waals surface area contributed by atoms with Crippen molar-refractivity contribution < 1.29 is 9.47 Å². The molecule has 0 amide bonds. The average Bonchev–Trinajstić information content (AvgIpc) is 2.67. The first-order valence-electron chi connectivity index (χ1n) is 7.60. The third-order valence-electron chi connectivity index (χ3n) is 3.41. The number of nitrogens with one attached hydrogen (secondary N) is 2. The minimum absolute atomic E-state index is 0.433. The SMILES string of the molecule is COc1ccc(Nc2cnnc(NCc3ccncc3)n2)cc1OC. The summed E-state index contributed by atoms with van der Waals surface area (Å²) in [4.78, 5) is 8.38. The van der Waals surface area contributed by atoms with Gasteiger partial charge in [-0.05, 0) is 29.8 Å². The van der Waals surface area contributed by atoms with E-state index in [0.717, 1.165) is 11.3 Å². The molecule has 3 rings (SSSR count). The quantitative estimate of drug-likeness (QED) is 0.679. The fourth-order valence-corrected chi connectivity index (χ4v) is 2.18. The summed E-state index contributed by atoms with van der Waals surface area (Å²) in [5.74, 6) is 2.29. The smallest absolute Gasteiger partial charge is 0.244 e. The summed E-state index contributed by atoms with van der Waals surface area (Å²) in [5.41, 5.74) is 1.88. The third-order valence-corrected chi connectivity index (χ3v) is 3.41. The molecule has 0 fully saturated rings. The van der Waals surface area contributed by atoms with E-state index in [2.05, 4.69) is 30.8 Å². The van der Waals surface area contributed by atoms with E-state index >= 15 is 0 Å². The normalized spacial score (nSPS) is 10.2. The van der Waals surface area contributed by atoms with E-state index in [0.29, 0.717) is 29.8 Å². The zero-order valence-electron chi connectivity index (χ0n) is 13.9. The van der Waals surface area contributed by atoms with E-state index in [1.165, 1.54) is 0 Å². The Bertz CT molecular complexity index is 828. The zero-order valence-corrected chi connectivity index (χ0v) is 13.9. The second kappa shape index (κ2) is 7.91. The predicted molar refractivity (Wildman–Crippen MR) is 94.2 cm³/mol. The number of hydrogen-bond donors (Lipinski definition) is 2. The molecular formula is C17H18N6O2. The Hall–Kier alpha value is -3.42. The van der Waals surface area contributed by atoms with Crippen molar-refractivity contribution in [1.82, 2.24) is 20.2 Å². The van der Waals surface area contributed by atoms with Crippen LogP contribution in [-0.4, -0.2) is 34.4 Å². The standard InChI is InChI=1S/C17H18N6O2/c1-24-14-4-3-13(9-15(14)25-2)21-16-11-20-23-17(22-16)19-10-12-5-7-18-8-6-12/h3-9,11H,10H2,1-2H3,(H2,19,21,22,23). The molecule has 0 spiro atoms. The van der Waals surface area contributed by atoms with Crippen LogP contribution in [-0.2, 0) is 6.54 Å². The first-order valence-corrected chi connectivity index (χ1v) is 7.60. The Morgan fingerprint density at radius 2 is 1.80 bits per heavy atom. The highest BCUT2D eigenvalue weighted by Gasteiger charge is 2.06. The van der Waals surface area contributed by atoms with Gasteiger partial charge in [0.1, 0.15) is 0 Å². The largest absolute Gasteiger partial charge is 0.493 e. The number of anilines is 3. The predicted octanol–water partition coefficient (Wildman–Crippen LogP) is 2.64. The van der Waals surface area contributed by atoms with Crippen LogP contribution < -0.4 is 20.1 Å². The molecule has 8 heteroatoms. The van der Waals surface area contributed by atoms with E-state index in [9.17, 15) is 0 Å². The van der Waals surface area contributed by atoms with Gasteiger partial charge in [0.05, 0.1) is 20.4 Å². The molecule has 8 nitrogen and oxygen atoms in total. The average molecular weight is 338 g/mol. The lowest BCUT2D eigenvalue weighted by atomic mass is 10.2. The molecule has 128 valence electrons. The van der Waals surface area contributed by atoms with Crippen molar-refractivity contribution in [3.8, 4) is 11.5 Å². The van der Waals surface area contributed by atoms with Gasteiger partial charge in [-0.1, -0.05) is 0 Å². The van der Waals surface area contributed by atoms with Crippen LogP contribution in [0.4, 0.5) is 17.5 Å². The fraction of sp³-hybridized carbons (Fsp3) is 0.176. The summed E-state index contributed by atoms with van der Waals surface area (Å²) in [6, 6.07) is 9.36. The molecule has 0 bridgehead atoms. The lowest BCUT2D eigenvalue weighted by Crippen LogP contribution is -2.06. The first-order chi connectivity index (χ1) is 12.3. The van der Waals surface area contributed by atoms with Crippen LogP contribution in [0.25, 0.3) is 0 Å². The monoisotopic (exact) mass is 338 g/mol. The molecule has 0 aliphatic heterocycles. The summed E-state index contributed by atoms with van der Waals surface area (Å²) in [7, 11) is 3.19. The number of benzene rings is 1. The number of nitrogens with zero attached hydrogens (tertiary/aromatic N) is 4.